The first kappa shape index (κ1) is 11.6. The number of rotatable bonds is 6. The van der Waals surface area contributed by atoms with E-state index in [4.69, 9.17) is 9.47 Å². The second kappa shape index (κ2) is 5.24. The van der Waals surface area contributed by atoms with Crippen molar-refractivity contribution in [2.45, 2.75) is 19.6 Å². The molecule has 0 radical (unpaired) electrons. The Labute approximate surface area is 73.2 Å². The van der Waals surface area contributed by atoms with E-state index < -0.39 is 5.79 Å². The SMILES string of the molecule is CNCC(=O)COC(C)(C)OC. The normalized spacial score (nSPS) is 11.7. The molecule has 1 N–H and O–H groups in total. The van der Waals surface area contributed by atoms with Gasteiger partial charge in [0.1, 0.15) is 6.61 Å². The highest BCUT2D eigenvalue weighted by atomic mass is 16.7. The molecule has 0 aliphatic heterocycles. The molecule has 0 atom stereocenters. The second-order valence-electron chi connectivity index (χ2n) is 2.96. The molecule has 0 aliphatic rings. The summed E-state index contributed by atoms with van der Waals surface area (Å²) < 4.78 is 10.2. The molecule has 0 fully saturated rings. The molecule has 0 aliphatic carbocycles. The lowest BCUT2D eigenvalue weighted by molar-refractivity contribution is -0.197. The van der Waals surface area contributed by atoms with Gasteiger partial charge in [-0.15, -0.1) is 0 Å². The predicted octanol–water partition coefficient (Wildman–Crippen LogP) is 0.174. The minimum atomic E-state index is -0.677. The number of hydrogen-bond acceptors (Lipinski definition) is 4. The third kappa shape index (κ3) is 5.23. The van der Waals surface area contributed by atoms with E-state index >= 15 is 0 Å². The average molecular weight is 175 g/mol. The van der Waals surface area contributed by atoms with Gasteiger partial charge in [0.15, 0.2) is 11.6 Å². The van der Waals surface area contributed by atoms with Crippen LogP contribution in [0.2, 0.25) is 0 Å². The Bertz CT molecular complexity index is 145. The zero-order valence-corrected chi connectivity index (χ0v) is 8.14. The van der Waals surface area contributed by atoms with Gasteiger partial charge >= 0.3 is 0 Å². The van der Waals surface area contributed by atoms with Crippen LogP contribution < -0.4 is 5.32 Å². The smallest absolute Gasteiger partial charge is 0.172 e. The molecule has 0 saturated heterocycles. The van der Waals surface area contributed by atoms with E-state index in [-0.39, 0.29) is 12.4 Å². The first-order chi connectivity index (χ1) is 5.52. The van der Waals surface area contributed by atoms with Gasteiger partial charge in [0.25, 0.3) is 0 Å². The molecule has 4 nitrogen and oxygen atoms in total. The van der Waals surface area contributed by atoms with Crippen LogP contribution in [0.15, 0.2) is 0 Å². The molecular weight excluding hydrogens is 158 g/mol. The summed E-state index contributed by atoms with van der Waals surface area (Å²) in [5.74, 6) is -0.661. The van der Waals surface area contributed by atoms with Gasteiger partial charge in [0, 0.05) is 7.11 Å². The van der Waals surface area contributed by atoms with Crippen LogP contribution in [0.25, 0.3) is 0 Å². The summed E-state index contributed by atoms with van der Waals surface area (Å²) in [4.78, 5) is 11.0. The van der Waals surface area contributed by atoms with Gasteiger partial charge < -0.3 is 14.8 Å². The third-order valence-corrected chi connectivity index (χ3v) is 1.45. The standard InChI is InChI=1S/C8H17NO3/c1-8(2,11-4)12-6-7(10)5-9-3/h9H,5-6H2,1-4H3. The maximum absolute atomic E-state index is 11.0. The van der Waals surface area contributed by atoms with E-state index in [1.54, 1.807) is 28.0 Å². The molecule has 4 heteroatoms. The highest BCUT2D eigenvalue weighted by molar-refractivity contribution is 5.81. The molecule has 0 bridgehead atoms. The summed E-state index contributed by atoms with van der Waals surface area (Å²) in [6.07, 6.45) is 0. The molecule has 0 spiro atoms. The van der Waals surface area contributed by atoms with Crippen molar-refractivity contribution in [3.63, 3.8) is 0 Å². The van der Waals surface area contributed by atoms with Crippen molar-refractivity contribution < 1.29 is 14.3 Å². The maximum atomic E-state index is 11.0. The quantitative estimate of drug-likeness (QED) is 0.585. The van der Waals surface area contributed by atoms with E-state index in [1.165, 1.54) is 0 Å². The van der Waals surface area contributed by atoms with Gasteiger partial charge in [0.2, 0.25) is 0 Å². The lowest BCUT2D eigenvalue weighted by Gasteiger charge is -2.22. The summed E-state index contributed by atoms with van der Waals surface area (Å²) in [6, 6.07) is 0. The van der Waals surface area contributed by atoms with Crippen molar-refractivity contribution in [2.24, 2.45) is 0 Å². The monoisotopic (exact) mass is 175 g/mol. The fourth-order valence-corrected chi connectivity index (χ4v) is 0.561. The van der Waals surface area contributed by atoms with Crippen molar-refractivity contribution in [1.82, 2.24) is 5.32 Å². The van der Waals surface area contributed by atoms with Gasteiger partial charge in [-0.05, 0) is 20.9 Å². The van der Waals surface area contributed by atoms with Crippen LogP contribution in [0.1, 0.15) is 13.8 Å². The van der Waals surface area contributed by atoms with E-state index in [9.17, 15) is 4.79 Å². The molecule has 0 rings (SSSR count). The average Bonchev–Trinajstić information content (AvgIpc) is 2.02. The molecule has 0 aromatic rings. The Kier molecular flexibility index (Phi) is 5.04. The third-order valence-electron chi connectivity index (χ3n) is 1.45. The number of ketones is 1. The molecule has 0 heterocycles. The number of nitrogens with one attached hydrogen (secondary N) is 1. The van der Waals surface area contributed by atoms with E-state index in [0.717, 1.165) is 0 Å². The molecular formula is C8H17NO3. The van der Waals surface area contributed by atoms with Crippen molar-refractivity contribution in [3.8, 4) is 0 Å². The van der Waals surface area contributed by atoms with Crippen LogP contribution in [0.4, 0.5) is 0 Å². The first-order valence-corrected chi connectivity index (χ1v) is 3.87. The molecule has 0 amide bonds. The molecule has 0 unspecified atom stereocenters. The molecule has 0 aromatic carbocycles. The fraction of sp³-hybridized carbons (Fsp3) is 0.875. The Morgan fingerprint density at radius 2 is 2.08 bits per heavy atom. The minimum absolute atomic E-state index is 0.0163. The van der Waals surface area contributed by atoms with Crippen molar-refractivity contribution in [3.05, 3.63) is 0 Å². The minimum Gasteiger partial charge on any atom is -0.354 e. The molecule has 0 aromatic heterocycles. The van der Waals surface area contributed by atoms with E-state index in [2.05, 4.69) is 5.32 Å². The van der Waals surface area contributed by atoms with Gasteiger partial charge in [-0.2, -0.15) is 0 Å². The second-order valence-corrected chi connectivity index (χ2v) is 2.96. The summed E-state index contributed by atoms with van der Waals surface area (Å²) >= 11 is 0. The van der Waals surface area contributed by atoms with Crippen LogP contribution in [0.5, 0.6) is 0 Å². The number of methoxy groups -OCH3 is 1. The van der Waals surface area contributed by atoms with Gasteiger partial charge in [-0.25, -0.2) is 0 Å². The molecule has 12 heavy (non-hydrogen) atoms. The molecule has 72 valence electrons. The predicted molar refractivity (Wildman–Crippen MR) is 46.0 cm³/mol. The maximum Gasteiger partial charge on any atom is 0.172 e. The topological polar surface area (TPSA) is 47.6 Å². The van der Waals surface area contributed by atoms with Crippen molar-refractivity contribution in [1.29, 1.82) is 0 Å². The van der Waals surface area contributed by atoms with Crippen LogP contribution >= 0.6 is 0 Å². The number of Topliss-reactive ketones (excluding diaryl/α,β-unsaturated/α-hetero) is 1. The van der Waals surface area contributed by atoms with Crippen molar-refractivity contribution >= 4 is 5.78 Å². The summed E-state index contributed by atoms with van der Waals surface area (Å²) in [7, 11) is 3.27. The zero-order valence-electron chi connectivity index (χ0n) is 8.14. The summed E-state index contributed by atoms with van der Waals surface area (Å²) in [5, 5.41) is 2.75. The van der Waals surface area contributed by atoms with E-state index in [0.29, 0.717) is 6.54 Å². The Morgan fingerprint density at radius 1 is 1.50 bits per heavy atom. The van der Waals surface area contributed by atoms with Crippen molar-refractivity contribution in [2.75, 3.05) is 27.3 Å². The summed E-state index contributed by atoms with van der Waals surface area (Å²) in [5.41, 5.74) is 0. The Hall–Kier alpha value is -0.450. The van der Waals surface area contributed by atoms with Gasteiger partial charge in [-0.3, -0.25) is 4.79 Å². The zero-order chi connectivity index (χ0) is 9.61. The molecule has 0 saturated carbocycles. The number of ether oxygens (including phenoxy) is 2. The van der Waals surface area contributed by atoms with Crippen LogP contribution in [0.3, 0.4) is 0 Å². The van der Waals surface area contributed by atoms with Gasteiger partial charge in [0.05, 0.1) is 6.54 Å². The number of carbonyl (C=O) groups is 1. The van der Waals surface area contributed by atoms with Crippen LogP contribution in [0, 0.1) is 0 Å². The highest BCUT2D eigenvalue weighted by Crippen LogP contribution is 2.08. The lowest BCUT2D eigenvalue weighted by atomic mass is 10.3. The Morgan fingerprint density at radius 3 is 2.50 bits per heavy atom. The fourth-order valence-electron chi connectivity index (χ4n) is 0.561. The van der Waals surface area contributed by atoms with Crippen LogP contribution in [-0.2, 0) is 14.3 Å². The van der Waals surface area contributed by atoms with Gasteiger partial charge in [-0.1, -0.05) is 0 Å². The number of likely N-dealkylation sites (N-methyl/N-ethyl adjacent to an activating group) is 1. The van der Waals surface area contributed by atoms with Crippen LogP contribution in [-0.4, -0.2) is 38.9 Å². The number of carbonyl (C=O) groups excluding carboxylic acids is 1. The Balaban J connectivity index is 3.60. The largest absolute Gasteiger partial charge is 0.354 e. The van der Waals surface area contributed by atoms with E-state index in [1.807, 2.05) is 0 Å². The number of hydrogen-bond donors (Lipinski definition) is 1. The lowest BCUT2D eigenvalue weighted by Crippen LogP contribution is -2.32. The summed E-state index contributed by atoms with van der Waals surface area (Å²) in [6.45, 7) is 3.95. The first-order valence-electron chi connectivity index (χ1n) is 3.87. The highest BCUT2D eigenvalue weighted by Gasteiger charge is 2.17.